The van der Waals surface area contributed by atoms with E-state index >= 15 is 0 Å². The number of benzene rings is 1. The molecule has 0 aliphatic carbocycles. The first-order valence-electron chi connectivity index (χ1n) is 5.46. The van der Waals surface area contributed by atoms with Gasteiger partial charge in [0.2, 0.25) is 0 Å². The minimum absolute atomic E-state index is 0.139. The zero-order valence-corrected chi connectivity index (χ0v) is 12.9. The highest BCUT2D eigenvalue weighted by molar-refractivity contribution is 9.10. The highest BCUT2D eigenvalue weighted by Gasteiger charge is 2.15. The standard InChI is InChI=1S/C13H12BrClFNS/c1-17-11(12-6-9(14)7-18-12)5-8-3-2-4-10(16)13(8)15/h2-4,6-7,11,17H,5H2,1H3. The summed E-state index contributed by atoms with van der Waals surface area (Å²) in [6.45, 7) is 0. The van der Waals surface area contributed by atoms with Crippen LogP contribution in [0.15, 0.2) is 34.1 Å². The molecule has 1 heterocycles. The maximum absolute atomic E-state index is 13.4. The lowest BCUT2D eigenvalue weighted by molar-refractivity contribution is 0.592. The molecule has 1 unspecified atom stereocenters. The maximum atomic E-state index is 13.4. The summed E-state index contributed by atoms with van der Waals surface area (Å²) in [4.78, 5) is 1.20. The molecule has 0 spiro atoms. The van der Waals surface area contributed by atoms with E-state index < -0.39 is 0 Å². The second-order valence-electron chi connectivity index (χ2n) is 3.93. The van der Waals surface area contributed by atoms with Crippen molar-refractivity contribution in [2.75, 3.05) is 7.05 Å². The Kier molecular flexibility index (Phi) is 4.78. The topological polar surface area (TPSA) is 12.0 Å². The van der Waals surface area contributed by atoms with Crippen LogP contribution < -0.4 is 5.32 Å². The van der Waals surface area contributed by atoms with E-state index in [1.807, 2.05) is 18.5 Å². The molecular weight excluding hydrogens is 337 g/mol. The number of halogens is 3. The number of thiophene rings is 1. The van der Waals surface area contributed by atoms with Crippen molar-refractivity contribution in [3.8, 4) is 0 Å². The van der Waals surface area contributed by atoms with Crippen LogP contribution in [-0.2, 0) is 6.42 Å². The van der Waals surface area contributed by atoms with Gasteiger partial charge in [-0.05, 0) is 47.1 Å². The molecule has 5 heteroatoms. The molecule has 2 aromatic rings. The predicted octanol–water partition coefficient (Wildman–Crippen LogP) is 4.81. The Bertz CT molecular complexity index is 544. The van der Waals surface area contributed by atoms with Crippen molar-refractivity contribution in [3.05, 3.63) is 55.4 Å². The zero-order valence-electron chi connectivity index (χ0n) is 9.71. The lowest BCUT2D eigenvalue weighted by atomic mass is 10.0. The van der Waals surface area contributed by atoms with Gasteiger partial charge in [0.1, 0.15) is 5.82 Å². The van der Waals surface area contributed by atoms with Gasteiger partial charge in [-0.15, -0.1) is 11.3 Å². The molecule has 1 aromatic heterocycles. The Balaban J connectivity index is 2.23. The van der Waals surface area contributed by atoms with Crippen LogP contribution >= 0.6 is 38.9 Å². The summed E-state index contributed by atoms with van der Waals surface area (Å²) in [5, 5.41) is 5.49. The summed E-state index contributed by atoms with van der Waals surface area (Å²) in [5.74, 6) is -0.364. The van der Waals surface area contributed by atoms with Crippen LogP contribution in [0.4, 0.5) is 4.39 Å². The summed E-state index contributed by atoms with van der Waals surface area (Å²) in [6, 6.07) is 7.13. The fourth-order valence-corrected chi connectivity index (χ4v) is 3.54. The third kappa shape index (κ3) is 3.12. The average molecular weight is 349 g/mol. The zero-order chi connectivity index (χ0) is 13.1. The molecule has 0 bridgehead atoms. The largest absolute Gasteiger partial charge is 0.312 e. The molecule has 96 valence electrons. The van der Waals surface area contributed by atoms with Gasteiger partial charge < -0.3 is 5.32 Å². The molecular formula is C13H12BrClFNS. The van der Waals surface area contributed by atoms with E-state index in [0.29, 0.717) is 6.42 Å². The minimum atomic E-state index is -0.364. The summed E-state index contributed by atoms with van der Waals surface area (Å²) >= 11 is 11.1. The van der Waals surface area contributed by atoms with Gasteiger partial charge in [-0.3, -0.25) is 0 Å². The first-order chi connectivity index (χ1) is 8.61. The molecule has 1 atom stereocenters. The van der Waals surface area contributed by atoms with E-state index in [4.69, 9.17) is 11.6 Å². The van der Waals surface area contributed by atoms with Gasteiger partial charge in [0.25, 0.3) is 0 Å². The lowest BCUT2D eigenvalue weighted by Gasteiger charge is -2.15. The van der Waals surface area contributed by atoms with Gasteiger partial charge in [-0.2, -0.15) is 0 Å². The normalized spacial score (nSPS) is 12.7. The van der Waals surface area contributed by atoms with E-state index in [0.717, 1.165) is 10.0 Å². The van der Waals surface area contributed by atoms with E-state index in [-0.39, 0.29) is 16.9 Å². The minimum Gasteiger partial charge on any atom is -0.312 e. The quantitative estimate of drug-likeness (QED) is 0.836. The van der Waals surface area contributed by atoms with E-state index in [9.17, 15) is 4.39 Å². The van der Waals surface area contributed by atoms with Crippen molar-refractivity contribution in [1.82, 2.24) is 5.32 Å². The molecule has 0 saturated carbocycles. The lowest BCUT2D eigenvalue weighted by Crippen LogP contribution is -2.18. The van der Waals surface area contributed by atoms with Crippen LogP contribution in [0.5, 0.6) is 0 Å². The number of likely N-dealkylation sites (N-methyl/N-ethyl adjacent to an activating group) is 1. The smallest absolute Gasteiger partial charge is 0.142 e. The van der Waals surface area contributed by atoms with Crippen molar-refractivity contribution in [1.29, 1.82) is 0 Å². The van der Waals surface area contributed by atoms with E-state index in [1.54, 1.807) is 17.4 Å². The van der Waals surface area contributed by atoms with Crippen molar-refractivity contribution in [2.45, 2.75) is 12.5 Å². The first-order valence-corrected chi connectivity index (χ1v) is 7.51. The third-order valence-corrected chi connectivity index (χ3v) is 4.97. The van der Waals surface area contributed by atoms with Gasteiger partial charge in [0.05, 0.1) is 5.02 Å². The molecule has 1 aromatic carbocycles. The number of hydrogen-bond donors (Lipinski definition) is 1. The Labute approximate surface area is 123 Å². The molecule has 1 N–H and O–H groups in total. The highest BCUT2D eigenvalue weighted by atomic mass is 79.9. The number of hydrogen-bond acceptors (Lipinski definition) is 2. The Morgan fingerprint density at radius 3 is 2.89 bits per heavy atom. The highest BCUT2D eigenvalue weighted by Crippen LogP contribution is 2.30. The fourth-order valence-electron chi connectivity index (χ4n) is 1.78. The number of rotatable bonds is 4. The fraction of sp³-hybridized carbons (Fsp3) is 0.231. The summed E-state index contributed by atoms with van der Waals surface area (Å²) < 4.78 is 14.4. The van der Waals surface area contributed by atoms with Gasteiger partial charge in [0, 0.05) is 20.8 Å². The molecule has 0 fully saturated rings. The number of nitrogens with one attached hydrogen (secondary N) is 1. The second-order valence-corrected chi connectivity index (χ2v) is 6.16. The molecule has 0 aliphatic rings. The average Bonchev–Trinajstić information content (AvgIpc) is 2.78. The van der Waals surface area contributed by atoms with Gasteiger partial charge in [-0.1, -0.05) is 23.7 Å². The van der Waals surface area contributed by atoms with E-state index in [2.05, 4.69) is 27.3 Å². The summed E-state index contributed by atoms with van der Waals surface area (Å²) in [7, 11) is 1.89. The Hall–Kier alpha value is -0.420. The molecule has 18 heavy (non-hydrogen) atoms. The monoisotopic (exact) mass is 347 g/mol. The first kappa shape index (κ1) is 14.0. The Morgan fingerprint density at radius 1 is 1.50 bits per heavy atom. The van der Waals surface area contributed by atoms with Crippen molar-refractivity contribution >= 4 is 38.9 Å². The SMILES string of the molecule is CNC(Cc1cccc(F)c1Cl)c1cc(Br)cs1. The second kappa shape index (κ2) is 6.15. The van der Waals surface area contributed by atoms with Crippen LogP contribution in [0, 0.1) is 5.82 Å². The van der Waals surface area contributed by atoms with Crippen LogP contribution in [0.1, 0.15) is 16.5 Å². The van der Waals surface area contributed by atoms with Crippen LogP contribution in [-0.4, -0.2) is 7.05 Å². The van der Waals surface area contributed by atoms with Crippen molar-refractivity contribution in [3.63, 3.8) is 0 Å². The molecule has 0 aliphatic heterocycles. The van der Waals surface area contributed by atoms with Crippen LogP contribution in [0.25, 0.3) is 0 Å². The van der Waals surface area contributed by atoms with E-state index in [1.165, 1.54) is 10.9 Å². The Morgan fingerprint density at radius 2 is 2.28 bits per heavy atom. The predicted molar refractivity (Wildman–Crippen MR) is 78.9 cm³/mol. The van der Waals surface area contributed by atoms with Gasteiger partial charge >= 0.3 is 0 Å². The molecule has 0 amide bonds. The van der Waals surface area contributed by atoms with Crippen LogP contribution in [0.2, 0.25) is 5.02 Å². The van der Waals surface area contributed by atoms with Gasteiger partial charge in [-0.25, -0.2) is 4.39 Å². The summed E-state index contributed by atoms with van der Waals surface area (Å²) in [5.41, 5.74) is 0.820. The molecule has 0 radical (unpaired) electrons. The molecule has 2 rings (SSSR count). The molecule has 1 nitrogen and oxygen atoms in total. The van der Waals surface area contributed by atoms with Crippen molar-refractivity contribution < 1.29 is 4.39 Å². The third-order valence-electron chi connectivity index (χ3n) is 2.74. The van der Waals surface area contributed by atoms with Crippen LogP contribution in [0.3, 0.4) is 0 Å². The molecule has 0 saturated heterocycles. The maximum Gasteiger partial charge on any atom is 0.142 e. The van der Waals surface area contributed by atoms with Gasteiger partial charge in [0.15, 0.2) is 0 Å². The van der Waals surface area contributed by atoms with Crippen molar-refractivity contribution in [2.24, 2.45) is 0 Å². The summed E-state index contributed by atoms with van der Waals surface area (Å²) in [6.07, 6.45) is 0.667.